The predicted molar refractivity (Wildman–Crippen MR) is 68.6 cm³/mol. The first-order valence-electron chi connectivity index (χ1n) is 6.81. The van der Waals surface area contributed by atoms with Gasteiger partial charge in [0.15, 0.2) is 5.78 Å². The highest BCUT2D eigenvalue weighted by atomic mass is 16.1. The van der Waals surface area contributed by atoms with E-state index in [1.807, 2.05) is 10.9 Å². The number of carbonyl (C=O) groups is 1. The van der Waals surface area contributed by atoms with Crippen LogP contribution in [-0.2, 0) is 6.54 Å². The van der Waals surface area contributed by atoms with Crippen LogP contribution in [0.5, 0.6) is 0 Å². The van der Waals surface area contributed by atoms with E-state index in [1.165, 1.54) is 0 Å². The van der Waals surface area contributed by atoms with E-state index in [2.05, 4.69) is 21.8 Å². The molecule has 1 atom stereocenters. The molecule has 0 saturated carbocycles. The maximum absolute atomic E-state index is 12.5. The molecule has 4 rings (SSSR count). The minimum atomic E-state index is 0.0479. The van der Waals surface area contributed by atoms with Gasteiger partial charge in [-0.1, -0.05) is 6.92 Å². The van der Waals surface area contributed by atoms with Crippen LogP contribution in [0.25, 0.3) is 0 Å². The van der Waals surface area contributed by atoms with Crippen LogP contribution in [-0.4, -0.2) is 64.1 Å². The fourth-order valence-electron chi connectivity index (χ4n) is 2.90. The molecule has 3 aliphatic rings. The average Bonchev–Trinajstić information content (AvgIpc) is 2.88. The molecule has 1 aromatic rings. The van der Waals surface area contributed by atoms with Crippen molar-refractivity contribution >= 4 is 5.78 Å². The van der Waals surface area contributed by atoms with Gasteiger partial charge in [-0.15, -0.1) is 0 Å². The number of fused-ring (bicyclic) bond motifs is 3. The van der Waals surface area contributed by atoms with E-state index in [9.17, 15) is 4.79 Å². The highest BCUT2D eigenvalue weighted by Crippen LogP contribution is 2.19. The van der Waals surface area contributed by atoms with Crippen LogP contribution in [0.1, 0.15) is 23.7 Å². The number of hydrogen-bond acceptors (Lipinski definition) is 4. The van der Waals surface area contributed by atoms with Crippen molar-refractivity contribution in [1.29, 1.82) is 0 Å². The topological polar surface area (TPSA) is 41.4 Å². The van der Waals surface area contributed by atoms with Crippen molar-refractivity contribution in [2.75, 3.05) is 32.7 Å². The van der Waals surface area contributed by atoms with E-state index in [0.717, 1.165) is 51.3 Å². The van der Waals surface area contributed by atoms with Crippen molar-refractivity contribution in [3.63, 3.8) is 0 Å². The lowest BCUT2D eigenvalue weighted by Gasteiger charge is -2.46. The van der Waals surface area contributed by atoms with Gasteiger partial charge in [-0.3, -0.25) is 19.3 Å². The first kappa shape index (κ1) is 11.9. The Morgan fingerprint density at radius 2 is 2.17 bits per heavy atom. The summed E-state index contributed by atoms with van der Waals surface area (Å²) in [5.41, 5.74) is 0.766. The average molecular weight is 248 g/mol. The number of aromatic nitrogens is 2. The molecule has 0 aromatic carbocycles. The van der Waals surface area contributed by atoms with Gasteiger partial charge in [0, 0.05) is 45.5 Å². The second kappa shape index (κ2) is 4.82. The monoisotopic (exact) mass is 248 g/mol. The van der Waals surface area contributed by atoms with E-state index in [0.29, 0.717) is 0 Å². The van der Waals surface area contributed by atoms with Gasteiger partial charge in [0.2, 0.25) is 0 Å². The summed E-state index contributed by atoms with van der Waals surface area (Å²) in [6.45, 7) is 8.16. The molecule has 0 spiro atoms. The number of carbonyl (C=O) groups excluding carboxylic acids is 1. The Balaban J connectivity index is 1.73. The standard InChI is InChI=1S/C13H20N4O/c1-2-3-17-9-11(8-14-17)13(18)12-10-15-4-6-16(12)7-5-15/h8-9,12H,2-7,10H2,1H3. The fraction of sp³-hybridized carbons (Fsp3) is 0.692. The van der Waals surface area contributed by atoms with Crippen molar-refractivity contribution in [3.05, 3.63) is 18.0 Å². The molecular weight excluding hydrogens is 228 g/mol. The molecule has 4 heterocycles. The van der Waals surface area contributed by atoms with Crippen LogP contribution in [0.3, 0.4) is 0 Å². The number of nitrogens with zero attached hydrogens (tertiary/aromatic N) is 4. The first-order valence-corrected chi connectivity index (χ1v) is 6.81. The number of ketones is 1. The molecule has 18 heavy (non-hydrogen) atoms. The maximum atomic E-state index is 12.5. The molecule has 3 aliphatic heterocycles. The van der Waals surface area contributed by atoms with Gasteiger partial charge in [0.25, 0.3) is 0 Å². The Morgan fingerprint density at radius 1 is 1.39 bits per heavy atom. The molecule has 1 aromatic heterocycles. The third-order valence-electron chi connectivity index (χ3n) is 3.95. The number of piperazine rings is 3. The molecule has 0 N–H and O–H groups in total. The molecule has 0 radical (unpaired) electrons. The van der Waals surface area contributed by atoms with Gasteiger partial charge in [-0.2, -0.15) is 5.10 Å². The molecule has 3 fully saturated rings. The molecule has 0 amide bonds. The van der Waals surface area contributed by atoms with Crippen molar-refractivity contribution in [1.82, 2.24) is 19.6 Å². The number of hydrogen-bond donors (Lipinski definition) is 0. The quantitative estimate of drug-likeness (QED) is 0.727. The number of Topliss-reactive ketones (excluding diaryl/α,β-unsaturated/α-hetero) is 1. The minimum Gasteiger partial charge on any atom is -0.299 e. The summed E-state index contributed by atoms with van der Waals surface area (Å²) in [7, 11) is 0. The number of aryl methyl sites for hydroxylation is 1. The molecule has 3 saturated heterocycles. The van der Waals surface area contributed by atoms with Crippen LogP contribution < -0.4 is 0 Å². The maximum Gasteiger partial charge on any atom is 0.184 e. The largest absolute Gasteiger partial charge is 0.299 e. The number of rotatable bonds is 4. The Kier molecular flexibility index (Phi) is 3.18. The van der Waals surface area contributed by atoms with Crippen LogP contribution >= 0.6 is 0 Å². The smallest absolute Gasteiger partial charge is 0.184 e. The third-order valence-corrected chi connectivity index (χ3v) is 3.95. The molecule has 1 unspecified atom stereocenters. The first-order chi connectivity index (χ1) is 8.78. The Morgan fingerprint density at radius 3 is 2.78 bits per heavy atom. The van der Waals surface area contributed by atoms with Gasteiger partial charge in [0.05, 0.1) is 17.8 Å². The lowest BCUT2D eigenvalue weighted by molar-refractivity contribution is 0.0159. The van der Waals surface area contributed by atoms with E-state index < -0.39 is 0 Å². The van der Waals surface area contributed by atoms with E-state index in [-0.39, 0.29) is 11.8 Å². The molecule has 5 heteroatoms. The summed E-state index contributed by atoms with van der Waals surface area (Å²) in [6.07, 6.45) is 4.65. The van der Waals surface area contributed by atoms with Gasteiger partial charge in [-0.05, 0) is 6.42 Å². The highest BCUT2D eigenvalue weighted by Gasteiger charge is 2.36. The van der Waals surface area contributed by atoms with E-state index in [4.69, 9.17) is 0 Å². The van der Waals surface area contributed by atoms with Gasteiger partial charge < -0.3 is 0 Å². The second-order valence-corrected chi connectivity index (χ2v) is 5.21. The van der Waals surface area contributed by atoms with Crippen LogP contribution in [0, 0.1) is 0 Å². The Labute approximate surface area is 107 Å². The van der Waals surface area contributed by atoms with E-state index >= 15 is 0 Å². The van der Waals surface area contributed by atoms with Gasteiger partial charge in [-0.25, -0.2) is 0 Å². The normalized spacial score (nSPS) is 30.6. The van der Waals surface area contributed by atoms with Crippen molar-refractivity contribution < 1.29 is 4.79 Å². The summed E-state index contributed by atoms with van der Waals surface area (Å²) in [6, 6.07) is 0.0479. The SMILES string of the molecule is CCCn1cc(C(=O)C2CN3CCN2CC3)cn1. The van der Waals surface area contributed by atoms with Gasteiger partial charge in [0.1, 0.15) is 0 Å². The zero-order valence-corrected chi connectivity index (χ0v) is 10.9. The summed E-state index contributed by atoms with van der Waals surface area (Å²) in [5, 5.41) is 4.25. The Bertz CT molecular complexity index is 434. The van der Waals surface area contributed by atoms with Crippen molar-refractivity contribution in [2.45, 2.75) is 25.9 Å². The molecule has 2 bridgehead atoms. The molecule has 98 valence electrons. The molecular formula is C13H20N4O. The lowest BCUT2D eigenvalue weighted by atomic mass is 10.0. The molecule has 5 nitrogen and oxygen atoms in total. The summed E-state index contributed by atoms with van der Waals surface area (Å²) >= 11 is 0. The van der Waals surface area contributed by atoms with Crippen LogP contribution in [0.4, 0.5) is 0 Å². The van der Waals surface area contributed by atoms with Gasteiger partial charge >= 0.3 is 0 Å². The Hall–Kier alpha value is -1.20. The second-order valence-electron chi connectivity index (χ2n) is 5.21. The summed E-state index contributed by atoms with van der Waals surface area (Å²) < 4.78 is 1.87. The summed E-state index contributed by atoms with van der Waals surface area (Å²) in [5.74, 6) is 0.238. The zero-order valence-electron chi connectivity index (χ0n) is 10.9. The molecule has 0 aliphatic carbocycles. The van der Waals surface area contributed by atoms with Crippen LogP contribution in [0.15, 0.2) is 12.4 Å². The lowest BCUT2D eigenvalue weighted by Crippen LogP contribution is -2.63. The van der Waals surface area contributed by atoms with Crippen molar-refractivity contribution in [3.8, 4) is 0 Å². The van der Waals surface area contributed by atoms with E-state index in [1.54, 1.807) is 6.20 Å². The summed E-state index contributed by atoms with van der Waals surface area (Å²) in [4.78, 5) is 17.2. The zero-order chi connectivity index (χ0) is 12.5. The van der Waals surface area contributed by atoms with Crippen molar-refractivity contribution in [2.24, 2.45) is 0 Å². The minimum absolute atomic E-state index is 0.0479. The highest BCUT2D eigenvalue weighted by molar-refractivity contribution is 6.00. The van der Waals surface area contributed by atoms with Crippen LogP contribution in [0.2, 0.25) is 0 Å². The predicted octanol–water partition coefficient (Wildman–Crippen LogP) is 0.476. The fourth-order valence-corrected chi connectivity index (χ4v) is 2.90. The third kappa shape index (κ3) is 2.08.